The van der Waals surface area contributed by atoms with Crippen LogP contribution in [-0.2, 0) is 0 Å². The first kappa shape index (κ1) is 15.9. The number of nitrogens with zero attached hydrogens (tertiary/aromatic N) is 1. The molecule has 1 rings (SSSR count). The molecule has 19 heavy (non-hydrogen) atoms. The van der Waals surface area contributed by atoms with Crippen LogP contribution in [0.1, 0.15) is 26.2 Å². The second-order valence-electron chi connectivity index (χ2n) is 4.37. The van der Waals surface area contributed by atoms with E-state index >= 15 is 0 Å². The summed E-state index contributed by atoms with van der Waals surface area (Å²) in [5, 5.41) is 14.5. The zero-order valence-electron chi connectivity index (χ0n) is 11.0. The summed E-state index contributed by atoms with van der Waals surface area (Å²) in [7, 11) is 0. The molecule has 0 radical (unpaired) electrons. The number of halogens is 1. The van der Waals surface area contributed by atoms with Crippen LogP contribution >= 0.6 is 15.9 Å². The van der Waals surface area contributed by atoms with Gasteiger partial charge in [0.15, 0.2) is 0 Å². The van der Waals surface area contributed by atoms with E-state index in [1.807, 2.05) is 0 Å². The number of carbonyl (C=O) groups is 1. The predicted molar refractivity (Wildman–Crippen MR) is 79.1 cm³/mol. The zero-order chi connectivity index (χ0) is 14.1. The molecule has 106 valence electrons. The Kier molecular flexibility index (Phi) is 7.43. The quantitative estimate of drug-likeness (QED) is 0.673. The van der Waals surface area contributed by atoms with E-state index in [1.165, 1.54) is 0 Å². The van der Waals surface area contributed by atoms with E-state index in [1.54, 1.807) is 18.3 Å². The van der Waals surface area contributed by atoms with Crippen LogP contribution in [0.2, 0.25) is 0 Å². The van der Waals surface area contributed by atoms with Gasteiger partial charge in [0.2, 0.25) is 0 Å². The third kappa shape index (κ3) is 6.54. The van der Waals surface area contributed by atoms with Crippen LogP contribution < -0.4 is 10.6 Å². The van der Waals surface area contributed by atoms with E-state index in [0.29, 0.717) is 24.6 Å². The fraction of sp³-hybridized carbons (Fsp3) is 0.538. The average Bonchev–Trinajstić information content (AvgIpc) is 2.39. The van der Waals surface area contributed by atoms with Gasteiger partial charge in [-0.25, -0.2) is 9.78 Å². The molecule has 2 amide bonds. The van der Waals surface area contributed by atoms with Crippen LogP contribution in [0, 0.1) is 5.92 Å². The first-order chi connectivity index (χ1) is 9.15. The van der Waals surface area contributed by atoms with Crippen molar-refractivity contribution in [1.29, 1.82) is 0 Å². The highest BCUT2D eigenvalue weighted by molar-refractivity contribution is 9.10. The van der Waals surface area contributed by atoms with Crippen molar-refractivity contribution in [1.82, 2.24) is 10.3 Å². The van der Waals surface area contributed by atoms with E-state index in [-0.39, 0.29) is 12.6 Å². The van der Waals surface area contributed by atoms with E-state index in [0.717, 1.165) is 17.4 Å². The fourth-order valence-electron chi connectivity index (χ4n) is 1.80. The van der Waals surface area contributed by atoms with Gasteiger partial charge < -0.3 is 15.7 Å². The lowest BCUT2D eigenvalue weighted by Gasteiger charge is -2.16. The minimum absolute atomic E-state index is 0.157. The van der Waals surface area contributed by atoms with E-state index < -0.39 is 0 Å². The fourth-order valence-corrected chi connectivity index (χ4v) is 2.04. The minimum atomic E-state index is -0.247. The number of aliphatic hydroxyl groups is 1. The number of pyridine rings is 1. The number of rotatable bonds is 7. The highest BCUT2D eigenvalue weighted by Crippen LogP contribution is 2.11. The molecule has 0 saturated heterocycles. The molecule has 0 saturated carbocycles. The van der Waals surface area contributed by atoms with Gasteiger partial charge in [0, 0.05) is 13.2 Å². The molecule has 0 aliphatic heterocycles. The lowest BCUT2D eigenvalue weighted by atomic mass is 10.0. The summed E-state index contributed by atoms with van der Waals surface area (Å²) < 4.78 is 0.726. The van der Waals surface area contributed by atoms with Gasteiger partial charge in [-0.3, -0.25) is 0 Å². The van der Waals surface area contributed by atoms with Crippen molar-refractivity contribution in [3.05, 3.63) is 22.9 Å². The highest BCUT2D eigenvalue weighted by atomic mass is 79.9. The smallest absolute Gasteiger partial charge is 0.319 e. The third-order valence-corrected chi connectivity index (χ3v) is 3.24. The van der Waals surface area contributed by atoms with Crippen molar-refractivity contribution in [3.8, 4) is 0 Å². The zero-order valence-corrected chi connectivity index (χ0v) is 12.6. The molecule has 1 aromatic heterocycles. The molecule has 3 N–H and O–H groups in total. The van der Waals surface area contributed by atoms with Crippen molar-refractivity contribution in [3.63, 3.8) is 0 Å². The number of carbonyl (C=O) groups excluding carboxylic acids is 1. The highest BCUT2D eigenvalue weighted by Gasteiger charge is 2.09. The SMILES string of the molecule is CCCC(CCO)CNC(=O)Nc1ccc(Br)nc1. The van der Waals surface area contributed by atoms with E-state index in [4.69, 9.17) is 5.11 Å². The average molecular weight is 330 g/mol. The Balaban J connectivity index is 2.35. The van der Waals surface area contributed by atoms with Crippen LogP contribution in [0.15, 0.2) is 22.9 Å². The Morgan fingerprint density at radius 1 is 1.47 bits per heavy atom. The van der Waals surface area contributed by atoms with Crippen molar-refractivity contribution in [2.45, 2.75) is 26.2 Å². The van der Waals surface area contributed by atoms with Crippen LogP contribution in [-0.4, -0.2) is 29.3 Å². The molecule has 1 unspecified atom stereocenters. The molecule has 0 aliphatic carbocycles. The number of hydrogen-bond acceptors (Lipinski definition) is 3. The van der Waals surface area contributed by atoms with Gasteiger partial charge in [0.25, 0.3) is 0 Å². The molecule has 0 aromatic carbocycles. The molecule has 0 fully saturated rings. The first-order valence-electron chi connectivity index (χ1n) is 6.43. The van der Waals surface area contributed by atoms with Crippen LogP contribution in [0.25, 0.3) is 0 Å². The van der Waals surface area contributed by atoms with Gasteiger partial charge in [0.05, 0.1) is 11.9 Å². The second kappa shape index (κ2) is 8.87. The number of anilines is 1. The van der Waals surface area contributed by atoms with Crippen LogP contribution in [0.5, 0.6) is 0 Å². The number of amides is 2. The largest absolute Gasteiger partial charge is 0.396 e. The summed E-state index contributed by atoms with van der Waals surface area (Å²) in [5.74, 6) is 0.323. The minimum Gasteiger partial charge on any atom is -0.396 e. The Bertz CT molecular complexity index is 378. The maximum Gasteiger partial charge on any atom is 0.319 e. The molecule has 6 heteroatoms. The Labute approximate surface area is 121 Å². The monoisotopic (exact) mass is 329 g/mol. The van der Waals surface area contributed by atoms with Crippen molar-refractivity contribution < 1.29 is 9.90 Å². The molecular weight excluding hydrogens is 310 g/mol. The molecule has 5 nitrogen and oxygen atoms in total. The summed E-state index contributed by atoms with van der Waals surface area (Å²) in [5.41, 5.74) is 0.648. The standard InChI is InChI=1S/C13H20BrN3O2/c1-2-3-10(6-7-18)8-16-13(19)17-11-4-5-12(14)15-9-11/h4-5,9-10,18H,2-3,6-8H2,1H3,(H2,16,17,19). The van der Waals surface area contributed by atoms with Crippen molar-refractivity contribution in [2.75, 3.05) is 18.5 Å². The van der Waals surface area contributed by atoms with Gasteiger partial charge in [-0.15, -0.1) is 0 Å². The Morgan fingerprint density at radius 3 is 2.84 bits per heavy atom. The molecule has 0 spiro atoms. The Morgan fingerprint density at radius 2 is 2.26 bits per heavy atom. The number of hydrogen-bond donors (Lipinski definition) is 3. The summed E-state index contributed by atoms with van der Waals surface area (Å²) in [4.78, 5) is 15.7. The Hall–Kier alpha value is -1.14. The van der Waals surface area contributed by atoms with Crippen molar-refractivity contribution >= 4 is 27.6 Å². The first-order valence-corrected chi connectivity index (χ1v) is 7.22. The third-order valence-electron chi connectivity index (χ3n) is 2.77. The topological polar surface area (TPSA) is 74.2 Å². The molecular formula is C13H20BrN3O2. The maximum absolute atomic E-state index is 11.7. The molecule has 1 atom stereocenters. The number of aromatic nitrogens is 1. The van der Waals surface area contributed by atoms with E-state index in [9.17, 15) is 4.79 Å². The summed E-state index contributed by atoms with van der Waals surface area (Å²) in [6.07, 6.45) is 4.35. The number of nitrogens with one attached hydrogen (secondary N) is 2. The molecule has 1 aromatic rings. The van der Waals surface area contributed by atoms with Gasteiger partial charge in [-0.2, -0.15) is 0 Å². The van der Waals surface area contributed by atoms with Gasteiger partial charge in [0.1, 0.15) is 4.60 Å². The van der Waals surface area contributed by atoms with Crippen LogP contribution in [0.4, 0.5) is 10.5 Å². The number of aliphatic hydroxyl groups excluding tert-OH is 1. The number of urea groups is 1. The maximum atomic E-state index is 11.7. The predicted octanol–water partition coefficient (Wildman–Crippen LogP) is 2.76. The molecule has 0 aliphatic rings. The molecule has 0 bridgehead atoms. The normalized spacial score (nSPS) is 11.9. The summed E-state index contributed by atoms with van der Waals surface area (Å²) in [6.45, 7) is 2.83. The summed E-state index contributed by atoms with van der Waals surface area (Å²) >= 11 is 3.23. The second-order valence-corrected chi connectivity index (χ2v) is 5.18. The molecule has 1 heterocycles. The van der Waals surface area contributed by atoms with Gasteiger partial charge in [-0.1, -0.05) is 13.3 Å². The lowest BCUT2D eigenvalue weighted by Crippen LogP contribution is -2.33. The van der Waals surface area contributed by atoms with Crippen molar-refractivity contribution in [2.24, 2.45) is 5.92 Å². The van der Waals surface area contributed by atoms with Crippen LogP contribution in [0.3, 0.4) is 0 Å². The van der Waals surface area contributed by atoms with Gasteiger partial charge in [-0.05, 0) is 46.8 Å². The summed E-state index contributed by atoms with van der Waals surface area (Å²) in [6, 6.07) is 3.29. The van der Waals surface area contributed by atoms with E-state index in [2.05, 4.69) is 38.5 Å². The lowest BCUT2D eigenvalue weighted by molar-refractivity contribution is 0.236. The van der Waals surface area contributed by atoms with Gasteiger partial charge >= 0.3 is 6.03 Å².